The molecule has 1 aromatic rings. The molecule has 0 bridgehead atoms. The highest BCUT2D eigenvalue weighted by Gasteiger charge is 2.33. The van der Waals surface area contributed by atoms with Crippen molar-refractivity contribution in [3.63, 3.8) is 0 Å². The number of hydrogen-bond donors (Lipinski definition) is 2. The zero-order chi connectivity index (χ0) is 16.1. The number of halogens is 3. The number of nitrogens with one attached hydrogen (secondary N) is 1. The molecule has 1 aromatic carbocycles. The second-order valence-corrected chi connectivity index (χ2v) is 7.01. The van der Waals surface area contributed by atoms with E-state index in [0.717, 1.165) is 0 Å². The molecule has 0 radical (unpaired) electrons. The largest absolute Gasteiger partial charge is 0.416 e. The number of alkyl halides is 3. The maximum atomic E-state index is 13.2. The van der Waals surface area contributed by atoms with Crippen molar-refractivity contribution in [3.05, 3.63) is 29.3 Å². The van der Waals surface area contributed by atoms with Gasteiger partial charge in [-0.3, -0.25) is 0 Å². The number of rotatable bonds is 6. The van der Waals surface area contributed by atoms with Crippen molar-refractivity contribution in [2.75, 3.05) is 12.4 Å². The molecule has 0 saturated carbocycles. The Balaban J connectivity index is 2.92. The third-order valence-electron chi connectivity index (χ3n) is 2.77. The lowest BCUT2D eigenvalue weighted by molar-refractivity contribution is -0.138. The molecule has 0 fully saturated rings. The van der Waals surface area contributed by atoms with Crippen LogP contribution >= 0.6 is 11.8 Å². The number of aliphatic hydroxyl groups excluding tert-OH is 1. The minimum Gasteiger partial charge on any atom is -0.396 e. The van der Waals surface area contributed by atoms with Crippen LogP contribution in [0.25, 0.3) is 0 Å². The average molecular weight is 321 g/mol. The SMILES string of the molecule is CC(C)(C)NCc1ccc(SCCCO)cc1C(F)(F)F. The Morgan fingerprint density at radius 1 is 1.19 bits per heavy atom. The summed E-state index contributed by atoms with van der Waals surface area (Å²) in [7, 11) is 0. The summed E-state index contributed by atoms with van der Waals surface area (Å²) in [5, 5.41) is 11.8. The molecule has 0 atom stereocenters. The van der Waals surface area contributed by atoms with Crippen molar-refractivity contribution in [2.45, 2.75) is 50.3 Å². The minimum absolute atomic E-state index is 0.0483. The molecule has 2 nitrogen and oxygen atoms in total. The first-order chi connectivity index (χ1) is 9.63. The van der Waals surface area contributed by atoms with Crippen molar-refractivity contribution >= 4 is 11.8 Å². The van der Waals surface area contributed by atoms with Gasteiger partial charge in [0.25, 0.3) is 0 Å². The zero-order valence-corrected chi connectivity index (χ0v) is 13.4. The minimum atomic E-state index is -4.36. The summed E-state index contributed by atoms with van der Waals surface area (Å²) in [5.41, 5.74) is -0.575. The lowest BCUT2D eigenvalue weighted by Gasteiger charge is -2.22. The summed E-state index contributed by atoms with van der Waals surface area (Å²) < 4.78 is 39.5. The maximum absolute atomic E-state index is 13.2. The Morgan fingerprint density at radius 2 is 1.86 bits per heavy atom. The van der Waals surface area contributed by atoms with Crippen molar-refractivity contribution in [1.29, 1.82) is 0 Å². The van der Waals surface area contributed by atoms with E-state index in [9.17, 15) is 13.2 Å². The van der Waals surface area contributed by atoms with E-state index >= 15 is 0 Å². The normalized spacial score (nSPS) is 12.7. The number of benzene rings is 1. The van der Waals surface area contributed by atoms with Gasteiger partial charge in [-0.2, -0.15) is 13.2 Å². The average Bonchev–Trinajstić information content (AvgIpc) is 2.35. The van der Waals surface area contributed by atoms with Gasteiger partial charge >= 0.3 is 6.18 Å². The van der Waals surface area contributed by atoms with Gasteiger partial charge < -0.3 is 10.4 Å². The molecule has 1 rings (SSSR count). The van der Waals surface area contributed by atoms with Gasteiger partial charge in [0, 0.05) is 29.3 Å². The van der Waals surface area contributed by atoms with Crippen LogP contribution in [0.2, 0.25) is 0 Å². The lowest BCUT2D eigenvalue weighted by atomic mass is 10.0. The summed E-state index contributed by atoms with van der Waals surface area (Å²) in [5.74, 6) is 0.605. The van der Waals surface area contributed by atoms with Crippen molar-refractivity contribution in [3.8, 4) is 0 Å². The highest BCUT2D eigenvalue weighted by Crippen LogP contribution is 2.35. The predicted molar refractivity (Wildman–Crippen MR) is 80.5 cm³/mol. The van der Waals surface area contributed by atoms with Crippen LogP contribution in [-0.2, 0) is 12.7 Å². The maximum Gasteiger partial charge on any atom is 0.416 e. The second kappa shape index (κ2) is 7.51. The molecule has 2 N–H and O–H groups in total. The summed E-state index contributed by atoms with van der Waals surface area (Å²) in [6.07, 6.45) is -3.79. The van der Waals surface area contributed by atoms with E-state index in [1.165, 1.54) is 23.9 Å². The predicted octanol–water partition coefficient (Wildman–Crippen LogP) is 4.07. The van der Waals surface area contributed by atoms with Crippen molar-refractivity contribution in [1.82, 2.24) is 5.32 Å². The smallest absolute Gasteiger partial charge is 0.396 e. The lowest BCUT2D eigenvalue weighted by Crippen LogP contribution is -2.35. The van der Waals surface area contributed by atoms with E-state index in [2.05, 4.69) is 5.32 Å². The van der Waals surface area contributed by atoms with Crippen LogP contribution in [0.3, 0.4) is 0 Å². The summed E-state index contributed by atoms with van der Waals surface area (Å²) >= 11 is 1.33. The standard InChI is InChI=1S/C15H22F3NOS/c1-14(2,3)19-10-11-5-6-12(21-8-4-7-20)9-13(11)15(16,17)18/h5-6,9,19-20H,4,7-8,10H2,1-3H3. The van der Waals surface area contributed by atoms with Crippen molar-refractivity contribution < 1.29 is 18.3 Å². The molecule has 0 saturated heterocycles. The fraction of sp³-hybridized carbons (Fsp3) is 0.600. The van der Waals surface area contributed by atoms with E-state index in [4.69, 9.17) is 5.11 Å². The molecule has 0 aromatic heterocycles. The van der Waals surface area contributed by atoms with Gasteiger partial charge in [-0.15, -0.1) is 11.8 Å². The Kier molecular flexibility index (Phi) is 6.56. The topological polar surface area (TPSA) is 32.3 Å². The van der Waals surface area contributed by atoms with E-state index in [1.807, 2.05) is 20.8 Å². The first-order valence-corrected chi connectivity index (χ1v) is 7.81. The van der Waals surface area contributed by atoms with Gasteiger partial charge in [-0.25, -0.2) is 0 Å². The Bertz CT molecular complexity index is 455. The van der Waals surface area contributed by atoms with E-state index in [-0.39, 0.29) is 24.3 Å². The zero-order valence-electron chi connectivity index (χ0n) is 12.5. The Hall–Kier alpha value is -0.720. The summed E-state index contributed by atoms with van der Waals surface area (Å²) in [4.78, 5) is 0.579. The van der Waals surface area contributed by atoms with Crippen LogP contribution in [0.5, 0.6) is 0 Å². The van der Waals surface area contributed by atoms with Gasteiger partial charge in [0.05, 0.1) is 5.56 Å². The van der Waals surface area contributed by atoms with Crippen molar-refractivity contribution in [2.24, 2.45) is 0 Å². The Labute approximate surface area is 128 Å². The molecular formula is C15H22F3NOS. The van der Waals surface area contributed by atoms with Gasteiger partial charge in [-0.1, -0.05) is 6.07 Å². The first-order valence-electron chi connectivity index (χ1n) is 6.82. The van der Waals surface area contributed by atoms with Crippen LogP contribution < -0.4 is 5.32 Å². The number of aliphatic hydroxyl groups is 1. The second-order valence-electron chi connectivity index (χ2n) is 5.85. The van der Waals surface area contributed by atoms with Crippen LogP contribution in [0, 0.1) is 0 Å². The quantitative estimate of drug-likeness (QED) is 0.612. The van der Waals surface area contributed by atoms with E-state index < -0.39 is 11.7 Å². The highest BCUT2D eigenvalue weighted by molar-refractivity contribution is 7.99. The number of thioether (sulfide) groups is 1. The molecule has 6 heteroatoms. The molecule has 21 heavy (non-hydrogen) atoms. The molecular weight excluding hydrogens is 299 g/mol. The highest BCUT2D eigenvalue weighted by atomic mass is 32.2. The van der Waals surface area contributed by atoms with E-state index in [0.29, 0.717) is 17.1 Å². The molecule has 0 amide bonds. The molecule has 0 unspecified atom stereocenters. The summed E-state index contributed by atoms with van der Waals surface area (Å²) in [6.45, 7) is 5.98. The Morgan fingerprint density at radius 3 is 2.38 bits per heavy atom. The first kappa shape index (κ1) is 18.3. The van der Waals surface area contributed by atoms with Crippen LogP contribution in [0.1, 0.15) is 38.3 Å². The van der Waals surface area contributed by atoms with Gasteiger partial charge in [0.15, 0.2) is 0 Å². The molecule has 0 heterocycles. The monoisotopic (exact) mass is 321 g/mol. The molecule has 0 aliphatic heterocycles. The molecule has 0 aliphatic rings. The van der Waals surface area contributed by atoms with Gasteiger partial charge in [0.1, 0.15) is 0 Å². The van der Waals surface area contributed by atoms with E-state index in [1.54, 1.807) is 6.07 Å². The van der Waals surface area contributed by atoms with Crippen LogP contribution in [0.4, 0.5) is 13.2 Å². The van der Waals surface area contributed by atoms with Gasteiger partial charge in [0.2, 0.25) is 0 Å². The van der Waals surface area contributed by atoms with Gasteiger partial charge in [-0.05, 0) is 44.9 Å². The summed E-state index contributed by atoms with van der Waals surface area (Å²) in [6, 6.07) is 4.43. The fourth-order valence-corrected chi connectivity index (χ4v) is 2.55. The molecule has 0 spiro atoms. The fourth-order valence-electron chi connectivity index (χ4n) is 1.68. The molecule has 0 aliphatic carbocycles. The van der Waals surface area contributed by atoms with Crippen LogP contribution in [-0.4, -0.2) is 23.0 Å². The third kappa shape index (κ3) is 6.72. The number of hydrogen-bond acceptors (Lipinski definition) is 3. The van der Waals surface area contributed by atoms with Crippen LogP contribution in [0.15, 0.2) is 23.1 Å². The molecule has 120 valence electrons. The third-order valence-corrected chi connectivity index (χ3v) is 3.85.